The summed E-state index contributed by atoms with van der Waals surface area (Å²) in [6.07, 6.45) is 0.774. The molecule has 1 unspecified atom stereocenters. The topological polar surface area (TPSA) is 35.5 Å². The van der Waals surface area contributed by atoms with Crippen molar-refractivity contribution in [3.63, 3.8) is 0 Å². The summed E-state index contributed by atoms with van der Waals surface area (Å²) in [5.74, 6) is 0.484. The van der Waals surface area contributed by atoms with Crippen LogP contribution in [-0.4, -0.2) is 25.6 Å². The lowest BCUT2D eigenvalue weighted by Gasteiger charge is -2.10. The van der Waals surface area contributed by atoms with Gasteiger partial charge in [-0.15, -0.1) is 0 Å². The lowest BCUT2D eigenvalue weighted by atomic mass is 10.0. The molecule has 0 amide bonds. The molecule has 3 nitrogen and oxygen atoms in total. The van der Waals surface area contributed by atoms with Crippen LogP contribution < -0.4 is 4.74 Å². The number of benzene rings is 1. The van der Waals surface area contributed by atoms with Crippen LogP contribution in [0.25, 0.3) is 0 Å². The standard InChI is InChI=1S/C12H12Cl2O3/c13-9-1-2-12(10(14)5-9)17-7-11(15)8-3-4-16-6-8/h1-2,5,8H,3-4,6-7H2. The number of hydrogen-bond acceptors (Lipinski definition) is 3. The van der Waals surface area contributed by atoms with E-state index in [1.807, 2.05) is 0 Å². The molecule has 1 heterocycles. The van der Waals surface area contributed by atoms with E-state index in [1.165, 1.54) is 0 Å². The van der Waals surface area contributed by atoms with Crippen molar-refractivity contribution >= 4 is 29.0 Å². The molecule has 17 heavy (non-hydrogen) atoms. The Bertz CT molecular complexity index is 414. The van der Waals surface area contributed by atoms with Gasteiger partial charge in [0.25, 0.3) is 0 Å². The van der Waals surface area contributed by atoms with Crippen molar-refractivity contribution in [2.24, 2.45) is 5.92 Å². The molecular formula is C12H12Cl2O3. The maximum absolute atomic E-state index is 11.7. The summed E-state index contributed by atoms with van der Waals surface area (Å²) in [6.45, 7) is 1.17. The Kier molecular flexibility index (Phi) is 4.26. The van der Waals surface area contributed by atoms with Gasteiger partial charge in [0, 0.05) is 17.5 Å². The summed E-state index contributed by atoms with van der Waals surface area (Å²) in [5, 5.41) is 0.950. The molecule has 1 fully saturated rings. The van der Waals surface area contributed by atoms with Crippen LogP contribution in [0.2, 0.25) is 10.0 Å². The minimum absolute atomic E-state index is 0.0232. The Morgan fingerprint density at radius 1 is 1.47 bits per heavy atom. The molecule has 1 atom stereocenters. The van der Waals surface area contributed by atoms with Crippen molar-refractivity contribution in [3.8, 4) is 5.75 Å². The maximum Gasteiger partial charge on any atom is 0.175 e. The van der Waals surface area contributed by atoms with Gasteiger partial charge < -0.3 is 9.47 Å². The van der Waals surface area contributed by atoms with E-state index in [0.29, 0.717) is 29.0 Å². The lowest BCUT2D eigenvalue weighted by Crippen LogP contribution is -2.21. The molecule has 0 spiro atoms. The molecule has 1 aromatic rings. The highest BCUT2D eigenvalue weighted by atomic mass is 35.5. The first-order valence-corrected chi connectivity index (χ1v) is 6.10. The predicted molar refractivity (Wildman–Crippen MR) is 65.9 cm³/mol. The van der Waals surface area contributed by atoms with Gasteiger partial charge in [0.05, 0.1) is 11.6 Å². The van der Waals surface area contributed by atoms with Gasteiger partial charge in [-0.3, -0.25) is 4.79 Å². The molecule has 1 aromatic carbocycles. The Balaban J connectivity index is 1.90. The van der Waals surface area contributed by atoms with Gasteiger partial charge in [-0.05, 0) is 24.6 Å². The number of Topliss-reactive ketones (excluding diaryl/α,β-unsaturated/α-hetero) is 1. The lowest BCUT2D eigenvalue weighted by molar-refractivity contribution is -0.124. The van der Waals surface area contributed by atoms with E-state index in [-0.39, 0.29) is 18.3 Å². The molecule has 0 aromatic heterocycles. The Hall–Kier alpha value is -0.770. The van der Waals surface area contributed by atoms with Crippen LogP contribution in [-0.2, 0) is 9.53 Å². The second-order valence-corrected chi connectivity index (χ2v) is 4.73. The van der Waals surface area contributed by atoms with Crippen molar-refractivity contribution in [1.82, 2.24) is 0 Å². The highest BCUT2D eigenvalue weighted by Gasteiger charge is 2.23. The number of halogens is 2. The molecule has 1 aliphatic rings. The van der Waals surface area contributed by atoms with Crippen molar-refractivity contribution in [2.75, 3.05) is 19.8 Å². The summed E-state index contributed by atoms with van der Waals surface area (Å²) in [4.78, 5) is 11.7. The smallest absolute Gasteiger partial charge is 0.175 e. The summed E-state index contributed by atoms with van der Waals surface area (Å²) < 4.78 is 10.5. The molecule has 5 heteroatoms. The Morgan fingerprint density at radius 3 is 2.94 bits per heavy atom. The zero-order valence-corrected chi connectivity index (χ0v) is 10.6. The Morgan fingerprint density at radius 2 is 2.29 bits per heavy atom. The van der Waals surface area contributed by atoms with Gasteiger partial charge in [0.2, 0.25) is 0 Å². The first kappa shape index (κ1) is 12.7. The second kappa shape index (κ2) is 5.71. The van der Waals surface area contributed by atoms with Crippen LogP contribution in [0.15, 0.2) is 18.2 Å². The van der Waals surface area contributed by atoms with E-state index >= 15 is 0 Å². The molecule has 0 N–H and O–H groups in total. The number of carbonyl (C=O) groups excluding carboxylic acids is 1. The van der Waals surface area contributed by atoms with Crippen LogP contribution >= 0.6 is 23.2 Å². The second-order valence-electron chi connectivity index (χ2n) is 3.89. The number of hydrogen-bond donors (Lipinski definition) is 0. The molecule has 0 aliphatic carbocycles. The van der Waals surface area contributed by atoms with Gasteiger partial charge in [-0.25, -0.2) is 0 Å². The van der Waals surface area contributed by atoms with Crippen molar-refractivity contribution < 1.29 is 14.3 Å². The monoisotopic (exact) mass is 274 g/mol. The van der Waals surface area contributed by atoms with Gasteiger partial charge >= 0.3 is 0 Å². The minimum atomic E-state index is -0.0407. The largest absolute Gasteiger partial charge is 0.484 e. The number of rotatable bonds is 4. The Labute approximate surface area is 110 Å². The van der Waals surface area contributed by atoms with Crippen LogP contribution in [0.3, 0.4) is 0 Å². The zero-order valence-electron chi connectivity index (χ0n) is 9.12. The fourth-order valence-electron chi connectivity index (χ4n) is 1.65. The van der Waals surface area contributed by atoms with Gasteiger partial charge in [-0.1, -0.05) is 23.2 Å². The van der Waals surface area contributed by atoms with Crippen molar-refractivity contribution in [3.05, 3.63) is 28.2 Å². The fourth-order valence-corrected chi connectivity index (χ4v) is 2.11. The quantitative estimate of drug-likeness (QED) is 0.847. The predicted octanol–water partition coefficient (Wildman–Crippen LogP) is 2.98. The summed E-state index contributed by atoms with van der Waals surface area (Å²) in [7, 11) is 0. The van der Waals surface area contributed by atoms with Crippen LogP contribution in [0, 0.1) is 5.92 Å². The summed E-state index contributed by atoms with van der Waals surface area (Å²) in [5.41, 5.74) is 0. The van der Waals surface area contributed by atoms with Gasteiger partial charge in [-0.2, -0.15) is 0 Å². The van der Waals surface area contributed by atoms with Gasteiger partial charge in [0.1, 0.15) is 12.4 Å². The molecule has 0 saturated carbocycles. The normalized spacial score (nSPS) is 19.3. The molecule has 0 bridgehead atoms. The van der Waals surface area contributed by atoms with E-state index in [1.54, 1.807) is 18.2 Å². The SMILES string of the molecule is O=C(COc1ccc(Cl)cc1Cl)C1CCOC1. The first-order chi connectivity index (χ1) is 8.16. The van der Waals surface area contributed by atoms with Crippen molar-refractivity contribution in [2.45, 2.75) is 6.42 Å². The minimum Gasteiger partial charge on any atom is -0.484 e. The van der Waals surface area contributed by atoms with Crippen LogP contribution in [0.5, 0.6) is 5.75 Å². The maximum atomic E-state index is 11.7. The van der Waals surface area contributed by atoms with E-state index in [4.69, 9.17) is 32.7 Å². The first-order valence-electron chi connectivity index (χ1n) is 5.35. The molecule has 2 rings (SSSR count). The molecule has 92 valence electrons. The van der Waals surface area contributed by atoms with E-state index in [0.717, 1.165) is 6.42 Å². The fraction of sp³-hybridized carbons (Fsp3) is 0.417. The summed E-state index contributed by atoms with van der Waals surface area (Å²) >= 11 is 11.7. The third kappa shape index (κ3) is 3.35. The van der Waals surface area contributed by atoms with E-state index in [2.05, 4.69) is 0 Å². The summed E-state index contributed by atoms with van der Waals surface area (Å²) in [6, 6.07) is 4.91. The number of ketones is 1. The number of carbonyl (C=O) groups is 1. The highest BCUT2D eigenvalue weighted by molar-refractivity contribution is 6.35. The van der Waals surface area contributed by atoms with Crippen LogP contribution in [0.4, 0.5) is 0 Å². The molecule has 0 radical (unpaired) electrons. The third-order valence-corrected chi connectivity index (χ3v) is 3.18. The molecule has 1 aliphatic heterocycles. The average molecular weight is 275 g/mol. The van der Waals surface area contributed by atoms with Crippen molar-refractivity contribution in [1.29, 1.82) is 0 Å². The molecular weight excluding hydrogens is 263 g/mol. The zero-order chi connectivity index (χ0) is 12.3. The average Bonchev–Trinajstić information content (AvgIpc) is 2.81. The molecule has 1 saturated heterocycles. The third-order valence-electron chi connectivity index (χ3n) is 2.65. The number of ether oxygens (including phenoxy) is 2. The van der Waals surface area contributed by atoms with E-state index < -0.39 is 0 Å². The van der Waals surface area contributed by atoms with Gasteiger partial charge in [0.15, 0.2) is 5.78 Å². The highest BCUT2D eigenvalue weighted by Crippen LogP contribution is 2.27. The van der Waals surface area contributed by atoms with E-state index in [9.17, 15) is 4.79 Å². The van der Waals surface area contributed by atoms with Crippen LogP contribution in [0.1, 0.15) is 6.42 Å².